The number of fused-ring (bicyclic) bond motifs is 2. The van der Waals surface area contributed by atoms with Crippen LogP contribution in [0.2, 0.25) is 0 Å². The molecule has 11 heteroatoms. The second kappa shape index (κ2) is 13.8. The molecule has 3 amide bonds. The Morgan fingerprint density at radius 1 is 1.09 bits per heavy atom. The number of amides is 3. The molecule has 4 heterocycles. The second-order valence-electron chi connectivity index (χ2n) is 12.8. The maximum Gasteiger partial charge on any atom is 0.313 e. The van der Waals surface area contributed by atoms with Crippen molar-refractivity contribution >= 4 is 39.6 Å². The normalized spacial score (nSPS) is 32.7. The van der Waals surface area contributed by atoms with Gasteiger partial charge in [0.1, 0.15) is 29.8 Å². The summed E-state index contributed by atoms with van der Waals surface area (Å²) in [5.74, 6) is -3.79. The molecule has 2 N–H and O–H groups in total. The summed E-state index contributed by atoms with van der Waals surface area (Å²) >= 11 is 3.59. The molecule has 0 radical (unpaired) electrons. The highest BCUT2D eigenvalue weighted by Gasteiger charge is 2.75. The standard InChI is InChI=1S/C34H44BrN3O7/c1-5-12-21(4)37-16-11-7-10-15-26(40)36-18-25(22-13-8-6-9-14-22)44-33(43)27-28-31(41)38(24(19-39)20(2)3)30(32(37)42)34(28)17-23(35)29(27)45-34/h6-9,11,13-14,17,20-21,24-25,27-30,39H,5,10,12,15-16,18-19H2,1-4H3,(H,36,40)/b11-7-/t21?,24-,25+,27+,28-,29+,30+,34-/m0/s1. The first kappa shape index (κ1) is 33.3. The van der Waals surface area contributed by atoms with E-state index in [1.54, 1.807) is 11.0 Å². The lowest BCUT2D eigenvalue weighted by atomic mass is 9.74. The summed E-state index contributed by atoms with van der Waals surface area (Å²) in [7, 11) is 0. The van der Waals surface area contributed by atoms with Gasteiger partial charge in [-0.3, -0.25) is 19.2 Å². The number of aliphatic hydroxyl groups is 1. The lowest BCUT2D eigenvalue weighted by Crippen LogP contribution is -2.60. The topological polar surface area (TPSA) is 125 Å². The van der Waals surface area contributed by atoms with Crippen molar-refractivity contribution in [2.24, 2.45) is 17.8 Å². The molecule has 2 fully saturated rings. The zero-order chi connectivity index (χ0) is 32.5. The monoisotopic (exact) mass is 685 g/mol. The van der Waals surface area contributed by atoms with Crippen LogP contribution in [0.3, 0.4) is 0 Å². The number of ether oxygens (including phenoxy) is 2. The maximum absolute atomic E-state index is 14.8. The molecule has 1 aromatic carbocycles. The molecule has 45 heavy (non-hydrogen) atoms. The Kier molecular flexibility index (Phi) is 10.2. The third-order valence-corrected chi connectivity index (χ3v) is 10.3. The van der Waals surface area contributed by atoms with Gasteiger partial charge in [-0.05, 0) is 37.3 Å². The van der Waals surface area contributed by atoms with E-state index in [2.05, 4.69) is 28.2 Å². The third-order valence-electron chi connectivity index (χ3n) is 9.63. The minimum atomic E-state index is -1.43. The molecule has 0 saturated carbocycles. The molecule has 8 atom stereocenters. The summed E-state index contributed by atoms with van der Waals surface area (Å²) in [6.07, 6.45) is 6.23. The molecular weight excluding hydrogens is 642 g/mol. The van der Waals surface area contributed by atoms with E-state index < -0.39 is 53.6 Å². The number of nitrogens with zero attached hydrogens (tertiary/aromatic N) is 2. The summed E-state index contributed by atoms with van der Waals surface area (Å²) in [6.45, 7) is 7.82. The van der Waals surface area contributed by atoms with Crippen LogP contribution in [0, 0.1) is 17.8 Å². The van der Waals surface area contributed by atoms with Crippen LogP contribution in [0.15, 0.2) is 53.0 Å². The Morgan fingerprint density at radius 3 is 2.49 bits per heavy atom. The highest BCUT2D eigenvalue weighted by atomic mass is 79.9. The van der Waals surface area contributed by atoms with Crippen LogP contribution in [0.5, 0.6) is 0 Å². The number of cyclic esters (lactones) is 1. The van der Waals surface area contributed by atoms with E-state index in [0.717, 1.165) is 12.8 Å². The van der Waals surface area contributed by atoms with Crippen LogP contribution >= 0.6 is 15.9 Å². The van der Waals surface area contributed by atoms with Gasteiger partial charge in [0.05, 0.1) is 25.1 Å². The van der Waals surface area contributed by atoms with Crippen molar-refractivity contribution in [1.29, 1.82) is 0 Å². The van der Waals surface area contributed by atoms with Crippen LogP contribution in [0.25, 0.3) is 0 Å². The summed E-state index contributed by atoms with van der Waals surface area (Å²) in [6, 6.07) is 7.22. The second-order valence-corrected chi connectivity index (χ2v) is 13.8. The van der Waals surface area contributed by atoms with Crippen molar-refractivity contribution in [3.63, 3.8) is 0 Å². The predicted octanol–water partition coefficient (Wildman–Crippen LogP) is 3.64. The highest BCUT2D eigenvalue weighted by Crippen LogP contribution is 2.59. The quantitative estimate of drug-likeness (QED) is 0.332. The average molecular weight is 687 g/mol. The first-order valence-electron chi connectivity index (χ1n) is 16.0. The van der Waals surface area contributed by atoms with Gasteiger partial charge in [-0.25, -0.2) is 0 Å². The molecule has 5 rings (SSSR count). The number of rotatable bonds is 7. The summed E-state index contributed by atoms with van der Waals surface area (Å²) in [5.41, 5.74) is -0.729. The molecule has 1 spiro atoms. The van der Waals surface area contributed by atoms with E-state index in [1.165, 1.54) is 4.90 Å². The minimum absolute atomic E-state index is 0.0623. The van der Waals surface area contributed by atoms with Gasteiger partial charge in [-0.1, -0.05) is 85.6 Å². The van der Waals surface area contributed by atoms with Crippen molar-refractivity contribution in [2.45, 2.75) is 89.3 Å². The first-order valence-corrected chi connectivity index (χ1v) is 16.8. The van der Waals surface area contributed by atoms with Gasteiger partial charge in [-0.15, -0.1) is 0 Å². The van der Waals surface area contributed by atoms with Crippen molar-refractivity contribution < 1.29 is 33.8 Å². The third kappa shape index (κ3) is 6.11. The number of nitrogens with one attached hydrogen (secondary N) is 1. The minimum Gasteiger partial charge on any atom is -0.455 e. The number of aliphatic hydroxyl groups excluding tert-OH is 1. The van der Waals surface area contributed by atoms with E-state index in [1.807, 2.05) is 63.3 Å². The SMILES string of the molecule is CCCC(C)N1C/C=C\CCC(=O)NC[C@H](c2ccccc2)OC(=O)[C@H]2[C@@H]3O[C@@]4(C=C3Br)[C@@H]2C(=O)N([C@@H](CO)C(C)C)[C@@H]4C1=O. The zero-order valence-electron chi connectivity index (χ0n) is 26.4. The molecule has 1 aromatic rings. The first-order chi connectivity index (χ1) is 21.5. The van der Waals surface area contributed by atoms with E-state index in [4.69, 9.17) is 9.47 Å². The van der Waals surface area contributed by atoms with Crippen molar-refractivity contribution in [1.82, 2.24) is 15.1 Å². The maximum atomic E-state index is 14.8. The Hall–Kier alpha value is -3.02. The smallest absolute Gasteiger partial charge is 0.313 e. The molecule has 2 saturated heterocycles. The number of hydrogen-bond donors (Lipinski definition) is 2. The van der Waals surface area contributed by atoms with Gasteiger partial charge in [-0.2, -0.15) is 0 Å². The summed E-state index contributed by atoms with van der Waals surface area (Å²) in [4.78, 5) is 59.6. The number of halogens is 1. The van der Waals surface area contributed by atoms with Crippen molar-refractivity contribution in [2.75, 3.05) is 19.7 Å². The van der Waals surface area contributed by atoms with Crippen LogP contribution < -0.4 is 5.32 Å². The van der Waals surface area contributed by atoms with Gasteiger partial charge < -0.3 is 29.7 Å². The van der Waals surface area contributed by atoms with Crippen molar-refractivity contribution in [3.8, 4) is 0 Å². The van der Waals surface area contributed by atoms with E-state index in [9.17, 15) is 24.3 Å². The fourth-order valence-electron chi connectivity index (χ4n) is 7.33. The fraction of sp³-hybridized carbons (Fsp3) is 0.588. The largest absolute Gasteiger partial charge is 0.455 e. The Morgan fingerprint density at radius 2 is 1.82 bits per heavy atom. The molecule has 4 aliphatic rings. The number of likely N-dealkylation sites (tertiary alicyclic amines) is 1. The predicted molar refractivity (Wildman–Crippen MR) is 171 cm³/mol. The van der Waals surface area contributed by atoms with Crippen molar-refractivity contribution in [3.05, 3.63) is 58.6 Å². The van der Waals surface area contributed by atoms with E-state index >= 15 is 0 Å². The Bertz CT molecular complexity index is 1350. The van der Waals surface area contributed by atoms with Gasteiger partial charge in [0, 0.05) is 23.5 Å². The molecule has 5 bridgehead atoms. The molecule has 1 unspecified atom stereocenters. The van der Waals surface area contributed by atoms with Crippen LogP contribution in [-0.2, 0) is 28.7 Å². The van der Waals surface area contributed by atoms with Crippen LogP contribution in [0.4, 0.5) is 0 Å². The summed E-state index contributed by atoms with van der Waals surface area (Å²) < 4.78 is 13.3. The molecule has 10 nitrogen and oxygen atoms in total. The van der Waals surface area contributed by atoms with Gasteiger partial charge in [0.15, 0.2) is 0 Å². The zero-order valence-corrected chi connectivity index (χ0v) is 27.9. The molecular formula is C34H44BrN3O7. The number of benzene rings is 1. The van der Waals surface area contributed by atoms with Crippen LogP contribution in [0.1, 0.15) is 65.0 Å². The lowest BCUT2D eigenvalue weighted by Gasteiger charge is -2.41. The van der Waals surface area contributed by atoms with E-state index in [0.29, 0.717) is 16.5 Å². The number of esters is 1. The highest BCUT2D eigenvalue weighted by molar-refractivity contribution is 9.11. The van der Waals surface area contributed by atoms with Gasteiger partial charge in [0.2, 0.25) is 17.7 Å². The fourth-order valence-corrected chi connectivity index (χ4v) is 8.07. The number of hydrogen-bond acceptors (Lipinski definition) is 7. The summed E-state index contributed by atoms with van der Waals surface area (Å²) in [5, 5.41) is 13.4. The number of allylic oxidation sites excluding steroid dienone is 1. The molecule has 0 aromatic heterocycles. The number of carbonyl (C=O) groups excluding carboxylic acids is 4. The van der Waals surface area contributed by atoms with Crippen LogP contribution in [-0.4, -0.2) is 88.1 Å². The molecule has 4 aliphatic heterocycles. The Labute approximate surface area is 273 Å². The average Bonchev–Trinajstić information content (AvgIpc) is 3.60. The van der Waals surface area contributed by atoms with Gasteiger partial charge in [0.25, 0.3) is 0 Å². The molecule has 0 aliphatic carbocycles. The molecule has 244 valence electrons. The lowest BCUT2D eigenvalue weighted by molar-refractivity contribution is -0.161. The van der Waals surface area contributed by atoms with E-state index in [-0.39, 0.29) is 49.9 Å². The Balaban J connectivity index is 1.63. The number of carbonyl (C=O) groups is 4. The van der Waals surface area contributed by atoms with Gasteiger partial charge >= 0.3 is 5.97 Å².